The van der Waals surface area contributed by atoms with Crippen LogP contribution in [0.2, 0.25) is 0 Å². The maximum atomic E-state index is 14.0. The highest BCUT2D eigenvalue weighted by Gasteiger charge is 2.16. The van der Waals surface area contributed by atoms with Gasteiger partial charge in [-0.1, -0.05) is 18.2 Å². The Bertz CT molecular complexity index is 1010. The molecule has 1 unspecified atom stereocenters. The van der Waals surface area contributed by atoms with E-state index in [-0.39, 0.29) is 10.9 Å². The number of halogens is 1. The standard InChI is InChI=1S/C17H16FN3O2S/c1-11(12-7-8-16(13(18)9-12)24(2,22)23)20-17-10-19-14-5-3-4-6-15(14)21-17/h3-11H,1-2H3,(H,20,21). The Hall–Kier alpha value is -2.54. The molecule has 0 radical (unpaired) electrons. The van der Waals surface area contributed by atoms with Gasteiger partial charge in [-0.25, -0.2) is 17.8 Å². The van der Waals surface area contributed by atoms with E-state index in [0.717, 1.165) is 17.3 Å². The van der Waals surface area contributed by atoms with Crippen molar-refractivity contribution in [3.05, 3.63) is 60.0 Å². The lowest BCUT2D eigenvalue weighted by Crippen LogP contribution is -2.10. The molecule has 3 aromatic rings. The van der Waals surface area contributed by atoms with Gasteiger partial charge in [-0.05, 0) is 36.8 Å². The molecule has 0 amide bonds. The Balaban J connectivity index is 1.86. The highest BCUT2D eigenvalue weighted by Crippen LogP contribution is 2.23. The van der Waals surface area contributed by atoms with Crippen LogP contribution in [0.5, 0.6) is 0 Å². The first-order chi connectivity index (χ1) is 11.3. The molecule has 0 aliphatic rings. The molecule has 1 heterocycles. The number of nitrogens with one attached hydrogen (secondary N) is 1. The first-order valence-electron chi connectivity index (χ1n) is 7.32. The molecule has 24 heavy (non-hydrogen) atoms. The Morgan fingerprint density at radius 1 is 1.12 bits per heavy atom. The highest BCUT2D eigenvalue weighted by molar-refractivity contribution is 7.90. The predicted octanol–water partition coefficient (Wildman–Crippen LogP) is 3.35. The molecule has 5 nitrogen and oxygen atoms in total. The number of nitrogens with zero attached hydrogens (tertiary/aromatic N) is 2. The molecule has 1 N–H and O–H groups in total. The van der Waals surface area contributed by atoms with Crippen LogP contribution in [0.1, 0.15) is 18.5 Å². The van der Waals surface area contributed by atoms with Crippen LogP contribution in [0.4, 0.5) is 10.2 Å². The maximum Gasteiger partial charge on any atom is 0.178 e. The molecule has 0 bridgehead atoms. The molecule has 0 aliphatic heterocycles. The van der Waals surface area contributed by atoms with Gasteiger partial charge in [0.05, 0.1) is 23.3 Å². The third-order valence-corrected chi connectivity index (χ3v) is 4.80. The average molecular weight is 345 g/mol. The minimum atomic E-state index is -3.58. The number of anilines is 1. The summed E-state index contributed by atoms with van der Waals surface area (Å²) in [5.41, 5.74) is 2.17. The SMILES string of the molecule is CC(Nc1cnc2ccccc2n1)c1ccc(S(C)(=O)=O)c(F)c1. The number of fused-ring (bicyclic) bond motifs is 1. The minimum Gasteiger partial charge on any atom is -0.362 e. The normalized spacial score (nSPS) is 13.0. The average Bonchev–Trinajstić information content (AvgIpc) is 2.53. The van der Waals surface area contributed by atoms with E-state index in [2.05, 4.69) is 15.3 Å². The van der Waals surface area contributed by atoms with E-state index in [1.54, 1.807) is 12.3 Å². The molecule has 2 aromatic carbocycles. The number of sulfone groups is 1. The van der Waals surface area contributed by atoms with Gasteiger partial charge in [0.2, 0.25) is 0 Å². The smallest absolute Gasteiger partial charge is 0.178 e. The van der Waals surface area contributed by atoms with Crippen LogP contribution in [0.15, 0.2) is 53.6 Å². The monoisotopic (exact) mass is 345 g/mol. The second-order valence-electron chi connectivity index (χ2n) is 5.57. The van der Waals surface area contributed by atoms with Crippen LogP contribution in [0, 0.1) is 5.82 Å². The molecule has 3 rings (SSSR count). The maximum absolute atomic E-state index is 14.0. The second-order valence-corrected chi connectivity index (χ2v) is 7.56. The Labute approximate surface area is 139 Å². The van der Waals surface area contributed by atoms with Crippen LogP contribution in [-0.2, 0) is 9.84 Å². The number of hydrogen-bond donors (Lipinski definition) is 1. The summed E-state index contributed by atoms with van der Waals surface area (Å²) < 4.78 is 37.0. The summed E-state index contributed by atoms with van der Waals surface area (Å²) in [5, 5.41) is 3.15. The zero-order chi connectivity index (χ0) is 17.3. The quantitative estimate of drug-likeness (QED) is 0.785. The van der Waals surface area contributed by atoms with Crippen molar-refractivity contribution in [2.75, 3.05) is 11.6 Å². The van der Waals surface area contributed by atoms with Gasteiger partial charge in [0.25, 0.3) is 0 Å². The lowest BCUT2D eigenvalue weighted by Gasteiger charge is -2.16. The largest absolute Gasteiger partial charge is 0.362 e. The molecule has 1 aromatic heterocycles. The van der Waals surface area contributed by atoms with E-state index in [1.165, 1.54) is 12.1 Å². The Morgan fingerprint density at radius 3 is 2.50 bits per heavy atom. The summed E-state index contributed by atoms with van der Waals surface area (Å²) >= 11 is 0. The van der Waals surface area contributed by atoms with Crippen LogP contribution >= 0.6 is 0 Å². The summed E-state index contributed by atoms with van der Waals surface area (Å²) in [6.07, 6.45) is 2.59. The summed E-state index contributed by atoms with van der Waals surface area (Å²) in [7, 11) is -3.58. The molecule has 1 atom stereocenters. The Kier molecular flexibility index (Phi) is 4.19. The van der Waals surface area contributed by atoms with E-state index in [4.69, 9.17) is 0 Å². The third kappa shape index (κ3) is 3.35. The van der Waals surface area contributed by atoms with Crippen LogP contribution < -0.4 is 5.32 Å². The van der Waals surface area contributed by atoms with Gasteiger partial charge in [0, 0.05) is 6.26 Å². The van der Waals surface area contributed by atoms with Crippen LogP contribution in [-0.4, -0.2) is 24.6 Å². The van der Waals surface area contributed by atoms with Gasteiger partial charge in [-0.3, -0.25) is 4.98 Å². The van der Waals surface area contributed by atoms with Gasteiger partial charge < -0.3 is 5.32 Å². The van der Waals surface area contributed by atoms with Crippen molar-refractivity contribution < 1.29 is 12.8 Å². The van der Waals surface area contributed by atoms with Crippen molar-refractivity contribution in [1.29, 1.82) is 0 Å². The van der Waals surface area contributed by atoms with E-state index in [1.807, 2.05) is 31.2 Å². The van der Waals surface area contributed by atoms with Crippen molar-refractivity contribution in [3.63, 3.8) is 0 Å². The van der Waals surface area contributed by atoms with Crippen LogP contribution in [0.25, 0.3) is 11.0 Å². The predicted molar refractivity (Wildman–Crippen MR) is 91.1 cm³/mol. The van der Waals surface area contributed by atoms with Crippen molar-refractivity contribution in [2.24, 2.45) is 0 Å². The van der Waals surface area contributed by atoms with Crippen molar-refractivity contribution in [3.8, 4) is 0 Å². The van der Waals surface area contributed by atoms with Gasteiger partial charge in [-0.15, -0.1) is 0 Å². The number of rotatable bonds is 4. The van der Waals surface area contributed by atoms with E-state index in [9.17, 15) is 12.8 Å². The second kappa shape index (κ2) is 6.16. The fraction of sp³-hybridized carbons (Fsp3) is 0.176. The summed E-state index contributed by atoms with van der Waals surface area (Å²) in [6, 6.07) is 11.3. The van der Waals surface area contributed by atoms with E-state index in [0.29, 0.717) is 11.4 Å². The number of hydrogen-bond acceptors (Lipinski definition) is 5. The molecule has 0 saturated carbocycles. The highest BCUT2D eigenvalue weighted by atomic mass is 32.2. The molecule has 0 saturated heterocycles. The lowest BCUT2D eigenvalue weighted by molar-refractivity contribution is 0.568. The van der Waals surface area contributed by atoms with Gasteiger partial charge in [-0.2, -0.15) is 0 Å². The first kappa shape index (κ1) is 16.3. The fourth-order valence-electron chi connectivity index (χ4n) is 2.42. The van der Waals surface area contributed by atoms with Crippen molar-refractivity contribution in [2.45, 2.75) is 17.9 Å². The number of para-hydroxylation sites is 2. The molecule has 124 valence electrons. The lowest BCUT2D eigenvalue weighted by atomic mass is 10.1. The third-order valence-electron chi connectivity index (χ3n) is 3.67. The topological polar surface area (TPSA) is 72.0 Å². The molecular weight excluding hydrogens is 329 g/mol. The number of aromatic nitrogens is 2. The van der Waals surface area contributed by atoms with Gasteiger partial charge in [0.15, 0.2) is 9.84 Å². The van der Waals surface area contributed by atoms with Crippen molar-refractivity contribution in [1.82, 2.24) is 9.97 Å². The Morgan fingerprint density at radius 2 is 1.83 bits per heavy atom. The summed E-state index contributed by atoms with van der Waals surface area (Å²) in [4.78, 5) is 8.47. The fourth-order valence-corrected chi connectivity index (χ4v) is 3.15. The summed E-state index contributed by atoms with van der Waals surface area (Å²) in [6.45, 7) is 1.84. The number of benzene rings is 2. The molecule has 0 spiro atoms. The molecule has 0 aliphatic carbocycles. The minimum absolute atomic E-state index is 0.261. The van der Waals surface area contributed by atoms with E-state index < -0.39 is 15.7 Å². The van der Waals surface area contributed by atoms with Crippen molar-refractivity contribution >= 4 is 26.7 Å². The first-order valence-corrected chi connectivity index (χ1v) is 9.21. The van der Waals surface area contributed by atoms with Gasteiger partial charge >= 0.3 is 0 Å². The molecule has 0 fully saturated rings. The molecule has 7 heteroatoms. The molecular formula is C17H16FN3O2S. The van der Waals surface area contributed by atoms with Crippen LogP contribution in [0.3, 0.4) is 0 Å². The summed E-state index contributed by atoms with van der Waals surface area (Å²) in [5.74, 6) is -0.193. The zero-order valence-corrected chi connectivity index (χ0v) is 14.0. The van der Waals surface area contributed by atoms with Gasteiger partial charge in [0.1, 0.15) is 16.5 Å². The van der Waals surface area contributed by atoms with E-state index >= 15 is 0 Å². The zero-order valence-electron chi connectivity index (χ0n) is 13.2.